The molecule has 0 saturated heterocycles. The molecule has 2 aromatic rings. The first kappa shape index (κ1) is 15.5. The van der Waals surface area contributed by atoms with Crippen LogP contribution < -0.4 is 11.5 Å². The second-order valence-electron chi connectivity index (χ2n) is 5.17. The van der Waals surface area contributed by atoms with E-state index in [0.29, 0.717) is 12.4 Å². The van der Waals surface area contributed by atoms with Crippen molar-refractivity contribution >= 4 is 18.2 Å². The van der Waals surface area contributed by atoms with Crippen LogP contribution in [0, 0.1) is 0 Å². The average molecular weight is 302 g/mol. The monoisotopic (exact) mass is 301 g/mol. The molecule has 2 aromatic carbocycles. The quantitative estimate of drug-likeness (QED) is 0.915. The summed E-state index contributed by atoms with van der Waals surface area (Å²) in [7, 11) is 0. The van der Waals surface area contributed by atoms with Crippen molar-refractivity contribution in [3.05, 3.63) is 70.8 Å². The molecule has 4 heteroatoms. The summed E-state index contributed by atoms with van der Waals surface area (Å²) >= 11 is 0. The van der Waals surface area contributed by atoms with Crippen molar-refractivity contribution in [2.45, 2.75) is 18.9 Å². The molecule has 0 bridgehead atoms. The van der Waals surface area contributed by atoms with Gasteiger partial charge in [-0.1, -0.05) is 48.5 Å². The van der Waals surface area contributed by atoms with Gasteiger partial charge in [-0.15, -0.1) is 12.4 Å². The van der Waals surface area contributed by atoms with Gasteiger partial charge in [0.2, 0.25) is 0 Å². The van der Waals surface area contributed by atoms with E-state index >= 15 is 0 Å². The van der Waals surface area contributed by atoms with Crippen LogP contribution in [-0.2, 0) is 12.8 Å². The molecule has 0 aliphatic carbocycles. The molecule has 0 fully saturated rings. The van der Waals surface area contributed by atoms with Gasteiger partial charge in [0, 0.05) is 5.56 Å². The van der Waals surface area contributed by atoms with Gasteiger partial charge in [-0.25, -0.2) is 0 Å². The number of nitrogens with zero attached hydrogens (tertiary/aromatic N) is 1. The summed E-state index contributed by atoms with van der Waals surface area (Å²) in [5, 5.41) is 0. The third-order valence-corrected chi connectivity index (χ3v) is 3.80. The minimum atomic E-state index is 0. The van der Waals surface area contributed by atoms with Gasteiger partial charge in [-0.2, -0.15) is 0 Å². The molecular formula is C17H20ClN3. The molecule has 21 heavy (non-hydrogen) atoms. The second kappa shape index (κ2) is 6.74. The summed E-state index contributed by atoms with van der Waals surface area (Å²) in [6.07, 6.45) is 1.83. The first-order valence-corrected chi connectivity index (χ1v) is 6.98. The zero-order valence-electron chi connectivity index (χ0n) is 11.8. The molecule has 1 heterocycles. The van der Waals surface area contributed by atoms with Crippen LogP contribution in [0.4, 0.5) is 0 Å². The molecule has 0 aromatic heterocycles. The van der Waals surface area contributed by atoms with Crippen molar-refractivity contribution in [3.8, 4) is 0 Å². The largest absolute Gasteiger partial charge is 0.383 e. The van der Waals surface area contributed by atoms with Gasteiger partial charge in [0.1, 0.15) is 5.84 Å². The lowest BCUT2D eigenvalue weighted by atomic mass is 9.92. The van der Waals surface area contributed by atoms with E-state index in [1.807, 2.05) is 12.1 Å². The predicted octanol–water partition coefficient (Wildman–Crippen LogP) is 2.61. The fourth-order valence-corrected chi connectivity index (χ4v) is 2.71. The highest BCUT2D eigenvalue weighted by Gasteiger charge is 2.20. The van der Waals surface area contributed by atoms with Crippen molar-refractivity contribution in [1.82, 2.24) is 0 Å². The lowest BCUT2D eigenvalue weighted by Gasteiger charge is -2.22. The van der Waals surface area contributed by atoms with Crippen molar-refractivity contribution in [3.63, 3.8) is 0 Å². The first-order chi connectivity index (χ1) is 9.78. The lowest BCUT2D eigenvalue weighted by Crippen LogP contribution is -2.22. The summed E-state index contributed by atoms with van der Waals surface area (Å²) in [4.78, 5) is 4.64. The number of aliphatic imine (C=N–C) groups is 1. The van der Waals surface area contributed by atoms with Crippen LogP contribution in [0.25, 0.3) is 0 Å². The second-order valence-corrected chi connectivity index (χ2v) is 5.17. The van der Waals surface area contributed by atoms with Crippen LogP contribution >= 0.6 is 12.4 Å². The molecule has 1 atom stereocenters. The minimum Gasteiger partial charge on any atom is -0.383 e. The van der Waals surface area contributed by atoms with E-state index < -0.39 is 0 Å². The van der Waals surface area contributed by atoms with Crippen LogP contribution in [0.3, 0.4) is 0 Å². The van der Waals surface area contributed by atoms with Gasteiger partial charge in [0.15, 0.2) is 0 Å². The Bertz CT molecular complexity index is 635. The average Bonchev–Trinajstić information content (AvgIpc) is 2.48. The van der Waals surface area contributed by atoms with Crippen LogP contribution in [0.2, 0.25) is 0 Å². The van der Waals surface area contributed by atoms with Crippen LogP contribution in [0.5, 0.6) is 0 Å². The maximum absolute atomic E-state index is 6.09. The van der Waals surface area contributed by atoms with Gasteiger partial charge in [-0.3, -0.25) is 4.99 Å². The maximum Gasteiger partial charge on any atom is 0.126 e. The molecule has 0 spiro atoms. The number of rotatable bonds is 3. The van der Waals surface area contributed by atoms with Gasteiger partial charge in [-0.05, 0) is 36.1 Å². The molecule has 1 aliphatic heterocycles. The Balaban J connectivity index is 0.00000161. The van der Waals surface area contributed by atoms with Crippen molar-refractivity contribution < 1.29 is 0 Å². The van der Waals surface area contributed by atoms with Crippen molar-refractivity contribution in [2.75, 3.05) is 6.54 Å². The van der Waals surface area contributed by atoms with E-state index in [1.165, 1.54) is 16.7 Å². The highest BCUT2D eigenvalue weighted by molar-refractivity contribution is 5.99. The number of halogens is 1. The highest BCUT2D eigenvalue weighted by atomic mass is 35.5. The van der Waals surface area contributed by atoms with E-state index in [-0.39, 0.29) is 18.4 Å². The maximum atomic E-state index is 6.09. The molecular weight excluding hydrogens is 282 g/mol. The third kappa shape index (κ3) is 3.26. The molecule has 1 aliphatic rings. The van der Waals surface area contributed by atoms with E-state index in [9.17, 15) is 0 Å². The van der Waals surface area contributed by atoms with Gasteiger partial charge >= 0.3 is 0 Å². The van der Waals surface area contributed by atoms with Crippen LogP contribution in [0.1, 0.15) is 28.3 Å². The smallest absolute Gasteiger partial charge is 0.126 e. The van der Waals surface area contributed by atoms with Gasteiger partial charge in [0.05, 0.1) is 6.04 Å². The van der Waals surface area contributed by atoms with Crippen molar-refractivity contribution in [1.29, 1.82) is 0 Å². The van der Waals surface area contributed by atoms with Crippen molar-refractivity contribution in [2.24, 2.45) is 16.5 Å². The zero-order valence-corrected chi connectivity index (χ0v) is 12.6. The number of hydrogen-bond donors (Lipinski definition) is 2. The Hall–Kier alpha value is -1.84. The number of amidine groups is 1. The summed E-state index contributed by atoms with van der Waals surface area (Å²) < 4.78 is 0. The predicted molar refractivity (Wildman–Crippen MR) is 90.1 cm³/mol. The van der Waals surface area contributed by atoms with E-state index in [0.717, 1.165) is 18.4 Å². The molecule has 3 rings (SSSR count). The molecule has 1 unspecified atom stereocenters. The number of benzene rings is 2. The SMILES string of the molecule is Cl.NCCc1ccc(C2Cc3ccccc3C(N)=N2)cc1. The zero-order chi connectivity index (χ0) is 13.9. The molecule has 0 radical (unpaired) electrons. The highest BCUT2D eigenvalue weighted by Crippen LogP contribution is 2.28. The molecule has 0 saturated carbocycles. The van der Waals surface area contributed by atoms with E-state index in [2.05, 4.69) is 41.4 Å². The molecule has 110 valence electrons. The van der Waals surface area contributed by atoms with Crippen LogP contribution in [0.15, 0.2) is 53.5 Å². The minimum absolute atomic E-state index is 0. The van der Waals surface area contributed by atoms with Gasteiger partial charge in [0.25, 0.3) is 0 Å². The Morgan fingerprint density at radius 2 is 1.76 bits per heavy atom. The third-order valence-electron chi connectivity index (χ3n) is 3.80. The summed E-state index contributed by atoms with van der Waals surface area (Å²) in [6.45, 7) is 0.682. The molecule has 4 N–H and O–H groups in total. The Morgan fingerprint density at radius 1 is 1.05 bits per heavy atom. The first-order valence-electron chi connectivity index (χ1n) is 6.98. The summed E-state index contributed by atoms with van der Waals surface area (Å²) in [6, 6.07) is 16.9. The Morgan fingerprint density at radius 3 is 2.48 bits per heavy atom. The van der Waals surface area contributed by atoms with Gasteiger partial charge < -0.3 is 11.5 Å². The number of fused-ring (bicyclic) bond motifs is 1. The number of hydrogen-bond acceptors (Lipinski definition) is 3. The van der Waals surface area contributed by atoms with E-state index in [1.54, 1.807) is 0 Å². The fraction of sp³-hybridized carbons (Fsp3) is 0.235. The Labute approximate surface area is 131 Å². The lowest BCUT2D eigenvalue weighted by molar-refractivity contribution is 0.709. The summed E-state index contributed by atoms with van der Waals surface area (Å²) in [5.41, 5.74) is 16.5. The van der Waals surface area contributed by atoms with Crippen LogP contribution in [-0.4, -0.2) is 12.4 Å². The summed E-state index contributed by atoms with van der Waals surface area (Å²) in [5.74, 6) is 0.642. The molecule has 0 amide bonds. The topological polar surface area (TPSA) is 64.4 Å². The normalized spacial score (nSPS) is 16.6. The fourth-order valence-electron chi connectivity index (χ4n) is 2.71. The molecule has 3 nitrogen and oxygen atoms in total. The Kier molecular flexibility index (Phi) is 4.99. The standard InChI is InChI=1S/C17H19N3.ClH/c18-10-9-12-5-7-13(8-6-12)16-11-14-3-1-2-4-15(14)17(19)20-16;/h1-8,16H,9-11,18H2,(H2,19,20);1H. The van der Waals surface area contributed by atoms with E-state index in [4.69, 9.17) is 11.5 Å². The number of nitrogens with two attached hydrogens (primary N) is 2.